The van der Waals surface area contributed by atoms with Gasteiger partial charge in [-0.1, -0.05) is 74.5 Å². The maximum atomic E-state index is 6.08. The molecule has 4 nitrogen and oxygen atoms in total. The quantitative estimate of drug-likeness (QED) is 0.542. The fourth-order valence-corrected chi connectivity index (χ4v) is 3.01. The lowest BCUT2D eigenvalue weighted by molar-refractivity contribution is 0.302. The van der Waals surface area contributed by atoms with Gasteiger partial charge in [0.25, 0.3) is 6.01 Å². The molecule has 0 unspecified atom stereocenters. The molecule has 3 rings (SSSR count). The van der Waals surface area contributed by atoms with E-state index in [2.05, 4.69) is 48.3 Å². The molecule has 0 amide bonds. The minimum absolute atomic E-state index is 0.585. The Hall–Kier alpha value is -2.59. The molecule has 1 aromatic heterocycles. The van der Waals surface area contributed by atoms with E-state index in [9.17, 15) is 0 Å². The van der Waals surface area contributed by atoms with Crippen molar-refractivity contribution < 1.29 is 4.42 Å². The molecule has 0 radical (unpaired) electrons. The first kappa shape index (κ1) is 18.2. The number of aromatic nitrogens is 1. The topological polar surface area (TPSA) is 41.3 Å². The van der Waals surface area contributed by atoms with Crippen LogP contribution in [0.3, 0.4) is 0 Å². The summed E-state index contributed by atoms with van der Waals surface area (Å²) in [5, 5.41) is 3.34. The first-order valence-corrected chi connectivity index (χ1v) is 9.39. The van der Waals surface area contributed by atoms with Gasteiger partial charge >= 0.3 is 0 Å². The number of hydrogen-bond donors (Lipinski definition) is 1. The zero-order valence-electron chi connectivity index (χ0n) is 15.6. The molecule has 0 aliphatic rings. The van der Waals surface area contributed by atoms with Crippen LogP contribution in [-0.2, 0) is 0 Å². The van der Waals surface area contributed by atoms with Crippen LogP contribution in [0.2, 0.25) is 0 Å². The van der Waals surface area contributed by atoms with Crippen molar-refractivity contribution in [2.45, 2.75) is 20.3 Å². The minimum atomic E-state index is 0.585. The van der Waals surface area contributed by atoms with E-state index in [1.54, 1.807) is 0 Å². The van der Waals surface area contributed by atoms with Gasteiger partial charge in [-0.2, -0.15) is 4.98 Å². The van der Waals surface area contributed by atoms with Gasteiger partial charge < -0.3 is 14.6 Å². The lowest BCUT2D eigenvalue weighted by Crippen LogP contribution is -2.25. The molecule has 1 heterocycles. The van der Waals surface area contributed by atoms with E-state index in [1.165, 1.54) is 0 Å². The van der Waals surface area contributed by atoms with Gasteiger partial charge in [-0.15, -0.1) is 0 Å². The SMILES string of the molecule is CCN(CC)CCCNc1nc(-c2ccccc2)c(-c2ccccc2)o1. The predicted molar refractivity (Wildman–Crippen MR) is 108 cm³/mol. The van der Waals surface area contributed by atoms with E-state index in [0.717, 1.165) is 55.2 Å². The zero-order valence-corrected chi connectivity index (χ0v) is 15.6. The van der Waals surface area contributed by atoms with E-state index in [4.69, 9.17) is 9.40 Å². The third kappa shape index (κ3) is 4.52. The molecule has 1 N–H and O–H groups in total. The number of nitrogens with zero attached hydrogens (tertiary/aromatic N) is 2. The van der Waals surface area contributed by atoms with Crippen molar-refractivity contribution in [1.82, 2.24) is 9.88 Å². The lowest BCUT2D eigenvalue weighted by Gasteiger charge is -2.17. The standard InChI is InChI=1S/C22H27N3O/c1-3-25(4-2)17-11-16-23-22-24-20(18-12-7-5-8-13-18)21(26-22)19-14-9-6-10-15-19/h5-10,12-15H,3-4,11,16-17H2,1-2H3,(H,23,24). The van der Waals surface area contributed by atoms with E-state index in [0.29, 0.717) is 6.01 Å². The Labute approximate surface area is 155 Å². The molecule has 136 valence electrons. The van der Waals surface area contributed by atoms with Gasteiger partial charge in [0.2, 0.25) is 0 Å². The van der Waals surface area contributed by atoms with E-state index >= 15 is 0 Å². The van der Waals surface area contributed by atoms with Crippen molar-refractivity contribution in [1.29, 1.82) is 0 Å². The summed E-state index contributed by atoms with van der Waals surface area (Å²) in [6, 6.07) is 20.9. The Bertz CT molecular complexity index is 723. The first-order valence-electron chi connectivity index (χ1n) is 9.39. The smallest absolute Gasteiger partial charge is 0.295 e. The van der Waals surface area contributed by atoms with Crippen molar-refractivity contribution in [2.24, 2.45) is 0 Å². The molecule has 0 saturated heterocycles. The van der Waals surface area contributed by atoms with E-state index in [-0.39, 0.29) is 0 Å². The highest BCUT2D eigenvalue weighted by Crippen LogP contribution is 2.34. The summed E-state index contributed by atoms with van der Waals surface area (Å²) < 4.78 is 6.08. The summed E-state index contributed by atoms with van der Waals surface area (Å²) in [7, 11) is 0. The van der Waals surface area contributed by atoms with Gasteiger partial charge in [-0.05, 0) is 26.1 Å². The van der Waals surface area contributed by atoms with Gasteiger partial charge in [0, 0.05) is 17.7 Å². The van der Waals surface area contributed by atoms with Gasteiger partial charge in [0.15, 0.2) is 5.76 Å². The normalized spacial score (nSPS) is 11.0. The Balaban J connectivity index is 1.77. The monoisotopic (exact) mass is 349 g/mol. The van der Waals surface area contributed by atoms with Gasteiger partial charge in [0.1, 0.15) is 5.69 Å². The third-order valence-corrected chi connectivity index (χ3v) is 4.53. The summed E-state index contributed by atoms with van der Waals surface area (Å²) >= 11 is 0. The number of benzene rings is 2. The number of nitrogens with one attached hydrogen (secondary N) is 1. The average molecular weight is 349 g/mol. The number of rotatable bonds is 9. The van der Waals surface area contributed by atoms with Crippen LogP contribution < -0.4 is 5.32 Å². The second-order valence-electron chi connectivity index (χ2n) is 6.24. The molecule has 3 aromatic rings. The van der Waals surface area contributed by atoms with Crippen LogP contribution in [0, 0.1) is 0 Å². The van der Waals surface area contributed by atoms with Crippen molar-refractivity contribution in [2.75, 3.05) is 31.5 Å². The Morgan fingerprint density at radius 1 is 0.885 bits per heavy atom. The van der Waals surface area contributed by atoms with Crippen LogP contribution in [0.15, 0.2) is 65.1 Å². The Kier molecular flexibility index (Phi) is 6.45. The molecule has 0 aliphatic carbocycles. The molecule has 0 saturated carbocycles. The summed E-state index contributed by atoms with van der Waals surface area (Å²) in [6.07, 6.45) is 1.06. The van der Waals surface area contributed by atoms with Crippen molar-refractivity contribution in [3.8, 4) is 22.6 Å². The van der Waals surface area contributed by atoms with Crippen LogP contribution in [-0.4, -0.2) is 36.1 Å². The maximum absolute atomic E-state index is 6.08. The summed E-state index contributed by atoms with van der Waals surface area (Å²) in [4.78, 5) is 7.14. The molecule has 0 bridgehead atoms. The van der Waals surface area contributed by atoms with Crippen molar-refractivity contribution in [3.63, 3.8) is 0 Å². The molecule has 0 atom stereocenters. The second-order valence-corrected chi connectivity index (χ2v) is 6.24. The van der Waals surface area contributed by atoms with E-state index < -0.39 is 0 Å². The molecular formula is C22H27N3O. The zero-order chi connectivity index (χ0) is 18.2. The highest BCUT2D eigenvalue weighted by Gasteiger charge is 2.16. The highest BCUT2D eigenvalue weighted by molar-refractivity contribution is 5.77. The summed E-state index contributed by atoms with van der Waals surface area (Å²) in [6.45, 7) is 8.50. The van der Waals surface area contributed by atoms with Crippen LogP contribution in [0.1, 0.15) is 20.3 Å². The third-order valence-electron chi connectivity index (χ3n) is 4.53. The van der Waals surface area contributed by atoms with Gasteiger partial charge in [-0.3, -0.25) is 0 Å². The Morgan fingerprint density at radius 3 is 2.12 bits per heavy atom. The molecule has 26 heavy (non-hydrogen) atoms. The molecule has 2 aromatic carbocycles. The predicted octanol–water partition coefficient (Wildman–Crippen LogP) is 5.15. The number of hydrogen-bond acceptors (Lipinski definition) is 4. The Morgan fingerprint density at radius 2 is 1.50 bits per heavy atom. The van der Waals surface area contributed by atoms with Crippen LogP contribution >= 0.6 is 0 Å². The second kappa shape index (κ2) is 9.20. The van der Waals surface area contributed by atoms with E-state index in [1.807, 2.05) is 36.4 Å². The largest absolute Gasteiger partial charge is 0.423 e. The molecule has 0 fully saturated rings. The number of anilines is 1. The lowest BCUT2D eigenvalue weighted by atomic mass is 10.1. The van der Waals surface area contributed by atoms with Crippen molar-refractivity contribution in [3.05, 3.63) is 60.7 Å². The van der Waals surface area contributed by atoms with Crippen LogP contribution in [0.5, 0.6) is 0 Å². The molecule has 4 heteroatoms. The fraction of sp³-hybridized carbons (Fsp3) is 0.318. The highest BCUT2D eigenvalue weighted by atomic mass is 16.4. The van der Waals surface area contributed by atoms with Crippen molar-refractivity contribution >= 4 is 6.01 Å². The molecule has 0 spiro atoms. The minimum Gasteiger partial charge on any atom is -0.423 e. The van der Waals surface area contributed by atoms with Crippen LogP contribution in [0.25, 0.3) is 22.6 Å². The first-order chi connectivity index (χ1) is 12.8. The molecule has 0 aliphatic heterocycles. The molecular weight excluding hydrogens is 322 g/mol. The summed E-state index contributed by atoms with van der Waals surface area (Å²) in [5.74, 6) is 0.808. The van der Waals surface area contributed by atoms with Crippen LogP contribution in [0.4, 0.5) is 6.01 Å². The maximum Gasteiger partial charge on any atom is 0.295 e. The number of oxazole rings is 1. The van der Waals surface area contributed by atoms with Gasteiger partial charge in [0.05, 0.1) is 0 Å². The van der Waals surface area contributed by atoms with Gasteiger partial charge in [-0.25, -0.2) is 0 Å². The fourth-order valence-electron chi connectivity index (χ4n) is 3.01. The summed E-state index contributed by atoms with van der Waals surface area (Å²) in [5.41, 5.74) is 2.98. The average Bonchev–Trinajstić information content (AvgIpc) is 3.14.